The average molecular weight is 368 g/mol. The summed E-state index contributed by atoms with van der Waals surface area (Å²) in [6.45, 7) is 5.95. The van der Waals surface area contributed by atoms with Crippen LogP contribution in [-0.4, -0.2) is 11.1 Å². The quantitative estimate of drug-likeness (QED) is 0.706. The fourth-order valence-corrected chi connectivity index (χ4v) is 2.62. The van der Waals surface area contributed by atoms with Crippen molar-refractivity contribution >= 4 is 5.91 Å². The Bertz CT molecular complexity index is 946. The van der Waals surface area contributed by atoms with Crippen molar-refractivity contribution in [1.29, 1.82) is 0 Å². The van der Waals surface area contributed by atoms with E-state index in [1.54, 1.807) is 43.3 Å². The number of hydrogen-bond acceptors (Lipinski definition) is 4. The van der Waals surface area contributed by atoms with Gasteiger partial charge in [0.15, 0.2) is 0 Å². The monoisotopic (exact) mass is 368 g/mol. The predicted octanol–water partition coefficient (Wildman–Crippen LogP) is 4.25. The molecule has 0 aliphatic heterocycles. The molecule has 0 saturated carbocycles. The number of halogens is 1. The highest BCUT2D eigenvalue weighted by molar-refractivity contribution is 5.94. The van der Waals surface area contributed by atoms with Gasteiger partial charge in [-0.1, -0.05) is 23.4 Å². The lowest BCUT2D eigenvalue weighted by Gasteiger charge is -2.09. The molecule has 0 aliphatic carbocycles. The second-order valence-corrected chi connectivity index (χ2v) is 6.39. The first kappa shape index (κ1) is 18.6. The van der Waals surface area contributed by atoms with E-state index in [9.17, 15) is 9.18 Å². The number of carbonyl (C=O) groups excluding carboxylic acids is 1. The molecule has 2 aromatic carbocycles. The van der Waals surface area contributed by atoms with Crippen LogP contribution in [0.5, 0.6) is 5.75 Å². The van der Waals surface area contributed by atoms with Gasteiger partial charge in [0.25, 0.3) is 5.91 Å². The molecule has 3 rings (SSSR count). The van der Waals surface area contributed by atoms with Gasteiger partial charge in [0.1, 0.15) is 23.9 Å². The van der Waals surface area contributed by atoms with E-state index < -0.39 is 0 Å². The lowest BCUT2D eigenvalue weighted by Crippen LogP contribution is -2.22. The predicted molar refractivity (Wildman–Crippen MR) is 99.1 cm³/mol. The van der Waals surface area contributed by atoms with Gasteiger partial charge in [-0.25, -0.2) is 4.39 Å². The molecule has 0 radical (unpaired) electrons. The van der Waals surface area contributed by atoms with Gasteiger partial charge in [-0.2, -0.15) is 0 Å². The Morgan fingerprint density at radius 3 is 2.70 bits per heavy atom. The summed E-state index contributed by atoms with van der Waals surface area (Å²) in [7, 11) is 0. The molecule has 0 atom stereocenters. The Labute approximate surface area is 157 Å². The van der Waals surface area contributed by atoms with Crippen LogP contribution < -0.4 is 10.1 Å². The number of hydrogen-bond donors (Lipinski definition) is 1. The first-order valence-corrected chi connectivity index (χ1v) is 8.62. The molecule has 0 unspecified atom stereocenters. The van der Waals surface area contributed by atoms with Crippen molar-refractivity contribution < 1.29 is 18.4 Å². The summed E-state index contributed by atoms with van der Waals surface area (Å²) in [4.78, 5) is 12.4. The standard InChI is InChI=1S/C21H21FN2O3/c1-13-7-8-16(9-20(13)22)11-23-21(25)17-5-4-6-18(10-17)26-12-19-14(2)24-27-15(19)3/h4-10H,11-12H2,1-3H3,(H,23,25). The first-order valence-electron chi connectivity index (χ1n) is 8.62. The summed E-state index contributed by atoms with van der Waals surface area (Å²) >= 11 is 0. The van der Waals surface area contributed by atoms with Crippen LogP contribution in [0.25, 0.3) is 0 Å². The minimum Gasteiger partial charge on any atom is -0.489 e. The van der Waals surface area contributed by atoms with E-state index in [2.05, 4.69) is 10.5 Å². The van der Waals surface area contributed by atoms with E-state index in [0.717, 1.165) is 11.3 Å². The summed E-state index contributed by atoms with van der Waals surface area (Å²) in [5, 5.41) is 6.68. The first-order chi connectivity index (χ1) is 12.9. The Hall–Kier alpha value is -3.15. The summed E-state index contributed by atoms with van der Waals surface area (Å²) in [6.07, 6.45) is 0. The van der Waals surface area contributed by atoms with E-state index in [1.165, 1.54) is 6.07 Å². The van der Waals surface area contributed by atoms with E-state index in [-0.39, 0.29) is 18.3 Å². The number of nitrogens with one attached hydrogen (secondary N) is 1. The van der Waals surface area contributed by atoms with Crippen LogP contribution >= 0.6 is 0 Å². The molecule has 0 fully saturated rings. The molecule has 0 aliphatic rings. The maximum Gasteiger partial charge on any atom is 0.251 e. The molecule has 1 heterocycles. The molecule has 0 bridgehead atoms. The number of benzene rings is 2. The second kappa shape index (κ2) is 8.03. The molecule has 6 heteroatoms. The highest BCUT2D eigenvalue weighted by Crippen LogP contribution is 2.18. The Balaban J connectivity index is 1.62. The highest BCUT2D eigenvalue weighted by atomic mass is 19.1. The van der Waals surface area contributed by atoms with Crippen molar-refractivity contribution in [3.8, 4) is 5.75 Å². The summed E-state index contributed by atoms with van der Waals surface area (Å²) in [5.74, 6) is 0.756. The summed E-state index contributed by atoms with van der Waals surface area (Å²) in [5.41, 5.74) is 3.43. The van der Waals surface area contributed by atoms with Crippen molar-refractivity contribution in [2.75, 3.05) is 0 Å². The third kappa shape index (κ3) is 4.53. The topological polar surface area (TPSA) is 64.4 Å². The van der Waals surface area contributed by atoms with E-state index in [0.29, 0.717) is 34.8 Å². The Morgan fingerprint density at radius 1 is 1.19 bits per heavy atom. The van der Waals surface area contributed by atoms with E-state index in [1.807, 2.05) is 13.8 Å². The number of rotatable bonds is 6. The van der Waals surface area contributed by atoms with Crippen LogP contribution in [0.4, 0.5) is 4.39 Å². The third-order valence-electron chi connectivity index (χ3n) is 4.35. The van der Waals surface area contributed by atoms with Crippen LogP contribution in [0.2, 0.25) is 0 Å². The largest absolute Gasteiger partial charge is 0.489 e. The highest BCUT2D eigenvalue weighted by Gasteiger charge is 2.11. The van der Waals surface area contributed by atoms with Crippen LogP contribution in [-0.2, 0) is 13.2 Å². The number of nitrogens with zero attached hydrogens (tertiary/aromatic N) is 1. The smallest absolute Gasteiger partial charge is 0.251 e. The van der Waals surface area contributed by atoms with Crippen molar-refractivity contribution in [2.24, 2.45) is 0 Å². The van der Waals surface area contributed by atoms with E-state index in [4.69, 9.17) is 9.26 Å². The minimum absolute atomic E-state index is 0.250. The van der Waals surface area contributed by atoms with Crippen molar-refractivity contribution in [3.63, 3.8) is 0 Å². The second-order valence-electron chi connectivity index (χ2n) is 6.39. The molecule has 3 aromatic rings. The van der Waals surface area contributed by atoms with Gasteiger partial charge in [-0.3, -0.25) is 4.79 Å². The molecule has 0 spiro atoms. The van der Waals surface area contributed by atoms with Gasteiger partial charge < -0.3 is 14.6 Å². The van der Waals surface area contributed by atoms with Crippen molar-refractivity contribution in [1.82, 2.24) is 10.5 Å². The molecule has 27 heavy (non-hydrogen) atoms. The molecule has 1 aromatic heterocycles. The van der Waals surface area contributed by atoms with Gasteiger partial charge in [-0.15, -0.1) is 0 Å². The van der Waals surface area contributed by atoms with Gasteiger partial charge in [0.2, 0.25) is 0 Å². The minimum atomic E-state index is -0.281. The van der Waals surface area contributed by atoms with Gasteiger partial charge in [-0.05, 0) is 56.2 Å². The third-order valence-corrected chi connectivity index (χ3v) is 4.35. The molecule has 1 N–H and O–H groups in total. The molecular formula is C21H21FN2O3. The average Bonchev–Trinajstić information content (AvgIpc) is 2.99. The van der Waals surface area contributed by atoms with Gasteiger partial charge >= 0.3 is 0 Å². The molecule has 1 amide bonds. The normalized spacial score (nSPS) is 10.7. The van der Waals surface area contributed by atoms with E-state index >= 15 is 0 Å². The number of ether oxygens (including phenoxy) is 1. The SMILES string of the molecule is Cc1ccc(CNC(=O)c2cccc(OCc3c(C)noc3C)c2)cc1F. The van der Waals surface area contributed by atoms with Crippen LogP contribution in [0.15, 0.2) is 47.0 Å². The lowest BCUT2D eigenvalue weighted by molar-refractivity contribution is 0.0950. The zero-order valence-electron chi connectivity index (χ0n) is 15.5. The van der Waals surface area contributed by atoms with Crippen LogP contribution in [0.1, 0.15) is 38.5 Å². The number of aryl methyl sites for hydroxylation is 3. The number of amides is 1. The molecular weight excluding hydrogens is 347 g/mol. The zero-order valence-corrected chi connectivity index (χ0v) is 15.5. The van der Waals surface area contributed by atoms with Gasteiger partial charge in [0.05, 0.1) is 11.3 Å². The van der Waals surface area contributed by atoms with Crippen LogP contribution in [0.3, 0.4) is 0 Å². The lowest BCUT2D eigenvalue weighted by atomic mass is 10.1. The summed E-state index contributed by atoms with van der Waals surface area (Å²) in [6, 6.07) is 11.8. The van der Waals surface area contributed by atoms with Crippen molar-refractivity contribution in [3.05, 3.63) is 82.0 Å². The zero-order chi connectivity index (χ0) is 19.4. The fourth-order valence-electron chi connectivity index (χ4n) is 2.62. The molecule has 140 valence electrons. The fraction of sp³-hybridized carbons (Fsp3) is 0.238. The van der Waals surface area contributed by atoms with Gasteiger partial charge in [0, 0.05) is 12.1 Å². The Morgan fingerprint density at radius 2 is 2.00 bits per heavy atom. The maximum atomic E-state index is 13.6. The Kier molecular flexibility index (Phi) is 5.54. The van der Waals surface area contributed by atoms with Crippen molar-refractivity contribution in [2.45, 2.75) is 33.9 Å². The molecule has 0 saturated heterocycles. The molecule has 5 nitrogen and oxygen atoms in total. The number of carbonyl (C=O) groups is 1. The number of aromatic nitrogens is 1. The van der Waals surface area contributed by atoms with Crippen LogP contribution in [0, 0.1) is 26.6 Å². The maximum absolute atomic E-state index is 13.6. The summed E-state index contributed by atoms with van der Waals surface area (Å²) < 4.78 is 24.5.